The number of para-hydroxylation sites is 1. The number of benzene rings is 1. The Balaban J connectivity index is 0.00000218. The molecule has 0 spiro atoms. The number of anilines is 1. The van der Waals surface area contributed by atoms with Gasteiger partial charge in [-0.15, -0.1) is 12.4 Å². The Morgan fingerprint density at radius 2 is 2.00 bits per heavy atom. The Hall–Kier alpha value is -2.42. The molecule has 2 amide bonds. The summed E-state index contributed by atoms with van der Waals surface area (Å²) >= 11 is 1.49. The summed E-state index contributed by atoms with van der Waals surface area (Å²) < 4.78 is 0. The van der Waals surface area contributed by atoms with E-state index in [1.807, 2.05) is 35.2 Å². The Kier molecular flexibility index (Phi) is 6.08. The molecule has 0 unspecified atom stereocenters. The van der Waals surface area contributed by atoms with Crippen molar-refractivity contribution in [2.75, 3.05) is 25.0 Å². The van der Waals surface area contributed by atoms with Gasteiger partial charge in [-0.2, -0.15) is 0 Å². The van der Waals surface area contributed by atoms with Crippen LogP contribution in [0.3, 0.4) is 0 Å². The number of nitrogens with one attached hydrogen (secondary N) is 3. The van der Waals surface area contributed by atoms with Gasteiger partial charge in [0.2, 0.25) is 5.91 Å². The van der Waals surface area contributed by atoms with Crippen molar-refractivity contribution in [3.63, 3.8) is 0 Å². The smallest absolute Gasteiger partial charge is 0.270 e. The molecule has 3 aromatic rings. The van der Waals surface area contributed by atoms with Crippen molar-refractivity contribution >= 4 is 51.6 Å². The lowest BCUT2D eigenvalue weighted by molar-refractivity contribution is -0.120. The maximum absolute atomic E-state index is 13.0. The lowest BCUT2D eigenvalue weighted by atomic mass is 9.97. The van der Waals surface area contributed by atoms with Crippen molar-refractivity contribution in [1.29, 1.82) is 0 Å². The molecule has 1 aromatic carbocycles. The predicted octanol–water partition coefficient (Wildman–Crippen LogP) is 3.18. The minimum atomic E-state index is 0. The van der Waals surface area contributed by atoms with Gasteiger partial charge in [-0.05, 0) is 38.1 Å². The van der Waals surface area contributed by atoms with E-state index in [0.717, 1.165) is 47.4 Å². The van der Waals surface area contributed by atoms with E-state index in [1.54, 1.807) is 0 Å². The first-order chi connectivity index (χ1) is 14.2. The predicted molar refractivity (Wildman–Crippen MR) is 120 cm³/mol. The summed E-state index contributed by atoms with van der Waals surface area (Å²) in [6, 6.07) is 9.80. The number of piperidine rings is 1. The number of H-pyrrole nitrogens is 1. The van der Waals surface area contributed by atoms with Crippen molar-refractivity contribution in [2.24, 2.45) is 5.92 Å². The zero-order chi connectivity index (χ0) is 19.8. The van der Waals surface area contributed by atoms with Crippen molar-refractivity contribution in [3.05, 3.63) is 46.6 Å². The van der Waals surface area contributed by atoms with Crippen LogP contribution in [0.1, 0.15) is 33.9 Å². The van der Waals surface area contributed by atoms with Gasteiger partial charge < -0.3 is 20.5 Å². The van der Waals surface area contributed by atoms with Gasteiger partial charge in [0.25, 0.3) is 5.91 Å². The van der Waals surface area contributed by atoms with Gasteiger partial charge in [0.05, 0.1) is 12.2 Å². The van der Waals surface area contributed by atoms with Gasteiger partial charge in [-0.3, -0.25) is 9.59 Å². The van der Waals surface area contributed by atoms with Gasteiger partial charge in [-0.1, -0.05) is 29.5 Å². The van der Waals surface area contributed by atoms with Crippen molar-refractivity contribution in [3.8, 4) is 0 Å². The lowest BCUT2D eigenvalue weighted by Crippen LogP contribution is -2.35. The maximum atomic E-state index is 13.0. The van der Waals surface area contributed by atoms with Gasteiger partial charge in [0, 0.05) is 34.7 Å². The molecule has 0 atom stereocenters. The fourth-order valence-electron chi connectivity index (χ4n) is 4.07. The van der Waals surface area contributed by atoms with Crippen LogP contribution in [0.5, 0.6) is 0 Å². The molecule has 0 radical (unpaired) electrons. The third kappa shape index (κ3) is 4.08. The van der Waals surface area contributed by atoms with Crippen LogP contribution in [0.25, 0.3) is 10.9 Å². The molecule has 0 bridgehead atoms. The average molecular weight is 446 g/mol. The Morgan fingerprint density at radius 3 is 2.80 bits per heavy atom. The van der Waals surface area contributed by atoms with Crippen LogP contribution in [0.4, 0.5) is 5.13 Å². The number of thiazole rings is 1. The van der Waals surface area contributed by atoms with Crippen molar-refractivity contribution in [1.82, 2.24) is 20.2 Å². The summed E-state index contributed by atoms with van der Waals surface area (Å²) in [5.41, 5.74) is 2.57. The van der Waals surface area contributed by atoms with E-state index in [0.29, 0.717) is 30.3 Å². The van der Waals surface area contributed by atoms with Crippen LogP contribution >= 0.6 is 23.7 Å². The molecule has 9 heteroatoms. The molecule has 30 heavy (non-hydrogen) atoms. The second kappa shape index (κ2) is 8.75. The monoisotopic (exact) mass is 445 g/mol. The van der Waals surface area contributed by atoms with E-state index >= 15 is 0 Å². The number of hydrogen-bond donors (Lipinski definition) is 3. The molecular weight excluding hydrogens is 422 g/mol. The standard InChI is InChI=1S/C21H23N5O2S.ClH/c27-19(13-5-8-22-9-6-13)25-21-24-16-7-10-26(12-18(16)29-21)20(28)17-11-14-3-1-2-4-15(14)23-17;/h1-4,11,13,22-23H,5-10,12H2,(H,24,25,27);1H. The zero-order valence-electron chi connectivity index (χ0n) is 16.4. The Morgan fingerprint density at radius 1 is 1.20 bits per heavy atom. The highest BCUT2D eigenvalue weighted by Crippen LogP contribution is 2.30. The van der Waals surface area contributed by atoms with Gasteiger partial charge >= 0.3 is 0 Å². The lowest BCUT2D eigenvalue weighted by Gasteiger charge is -2.25. The summed E-state index contributed by atoms with van der Waals surface area (Å²) in [5, 5.41) is 7.96. The molecule has 2 aliphatic heterocycles. The quantitative estimate of drug-likeness (QED) is 0.577. The van der Waals surface area contributed by atoms with Crippen LogP contribution in [0.2, 0.25) is 0 Å². The number of aromatic nitrogens is 2. The number of carbonyl (C=O) groups excluding carboxylic acids is 2. The highest BCUT2D eigenvalue weighted by atomic mass is 35.5. The van der Waals surface area contributed by atoms with Crippen molar-refractivity contribution < 1.29 is 9.59 Å². The maximum Gasteiger partial charge on any atom is 0.270 e. The summed E-state index contributed by atoms with van der Waals surface area (Å²) in [6.45, 7) is 2.94. The fourth-order valence-corrected chi connectivity index (χ4v) is 5.10. The molecule has 7 nitrogen and oxygen atoms in total. The number of hydrogen-bond acceptors (Lipinski definition) is 5. The van der Waals surface area contributed by atoms with Crippen LogP contribution in [0.15, 0.2) is 30.3 Å². The van der Waals surface area contributed by atoms with E-state index in [1.165, 1.54) is 11.3 Å². The Bertz CT molecular complexity index is 1040. The Labute approximate surface area is 184 Å². The number of carbonyl (C=O) groups is 2. The minimum absolute atomic E-state index is 0. The highest BCUT2D eigenvalue weighted by Gasteiger charge is 2.27. The largest absolute Gasteiger partial charge is 0.351 e. The molecule has 2 aliphatic rings. The van der Waals surface area contributed by atoms with Crippen LogP contribution in [-0.2, 0) is 17.8 Å². The summed E-state index contributed by atoms with van der Waals surface area (Å²) in [4.78, 5) is 36.2. The number of aromatic amines is 1. The van der Waals surface area contributed by atoms with Crippen molar-refractivity contribution in [2.45, 2.75) is 25.8 Å². The van der Waals surface area contributed by atoms with Gasteiger partial charge in [0.15, 0.2) is 5.13 Å². The molecule has 4 heterocycles. The number of rotatable bonds is 3. The third-order valence-corrected chi connectivity index (χ3v) is 6.72. The van der Waals surface area contributed by atoms with E-state index < -0.39 is 0 Å². The van der Waals surface area contributed by atoms with E-state index in [2.05, 4.69) is 20.6 Å². The number of halogens is 1. The number of amides is 2. The fraction of sp³-hybridized carbons (Fsp3) is 0.381. The van der Waals surface area contributed by atoms with Gasteiger partial charge in [-0.25, -0.2) is 4.98 Å². The minimum Gasteiger partial charge on any atom is -0.351 e. The van der Waals surface area contributed by atoms with E-state index in [-0.39, 0.29) is 30.1 Å². The SMILES string of the molecule is Cl.O=C(Nc1nc2c(s1)CN(C(=O)c1cc3ccccc3[nH]1)CC2)C1CCNCC1. The molecule has 3 N–H and O–H groups in total. The molecule has 0 saturated carbocycles. The first-order valence-corrected chi connectivity index (χ1v) is 10.9. The highest BCUT2D eigenvalue weighted by molar-refractivity contribution is 7.15. The first-order valence-electron chi connectivity index (χ1n) is 10.0. The van der Waals surface area contributed by atoms with Crippen LogP contribution < -0.4 is 10.6 Å². The molecule has 0 aliphatic carbocycles. The second-order valence-electron chi connectivity index (χ2n) is 7.65. The van der Waals surface area contributed by atoms with E-state index in [9.17, 15) is 9.59 Å². The van der Waals surface area contributed by atoms with Crippen LogP contribution in [-0.4, -0.2) is 46.3 Å². The zero-order valence-corrected chi connectivity index (χ0v) is 18.1. The molecule has 5 rings (SSSR count). The topological polar surface area (TPSA) is 90.1 Å². The summed E-state index contributed by atoms with van der Waals surface area (Å²) in [7, 11) is 0. The number of nitrogens with zero attached hydrogens (tertiary/aromatic N) is 2. The van der Waals surface area contributed by atoms with Crippen LogP contribution in [0, 0.1) is 5.92 Å². The molecule has 2 aromatic heterocycles. The molecule has 1 saturated heterocycles. The molecular formula is C21H24ClN5O2S. The average Bonchev–Trinajstić information content (AvgIpc) is 3.36. The second-order valence-corrected chi connectivity index (χ2v) is 8.73. The third-order valence-electron chi connectivity index (χ3n) is 5.72. The normalized spacial score (nSPS) is 16.7. The first kappa shape index (κ1) is 20.8. The molecule has 158 valence electrons. The summed E-state index contributed by atoms with van der Waals surface area (Å²) in [6.07, 6.45) is 2.44. The van der Waals surface area contributed by atoms with E-state index in [4.69, 9.17) is 0 Å². The number of fused-ring (bicyclic) bond motifs is 2. The molecule has 1 fully saturated rings. The van der Waals surface area contributed by atoms with Gasteiger partial charge in [0.1, 0.15) is 5.69 Å². The summed E-state index contributed by atoms with van der Waals surface area (Å²) in [5.74, 6) is 0.112.